The third-order valence-corrected chi connectivity index (χ3v) is 4.01. The molecule has 5 nitrogen and oxygen atoms in total. The number of nitrogens with zero attached hydrogens (tertiary/aromatic N) is 1. The number of carbonyl (C=O) groups is 1. The zero-order valence-corrected chi connectivity index (χ0v) is 14.3. The van der Waals surface area contributed by atoms with Gasteiger partial charge in [0.2, 0.25) is 0 Å². The van der Waals surface area contributed by atoms with Gasteiger partial charge in [-0.15, -0.1) is 0 Å². The van der Waals surface area contributed by atoms with Gasteiger partial charge < -0.3 is 14.6 Å². The summed E-state index contributed by atoms with van der Waals surface area (Å²) in [6, 6.07) is 7.74. The third-order valence-electron chi connectivity index (χ3n) is 4.01. The van der Waals surface area contributed by atoms with Gasteiger partial charge in [-0.25, -0.2) is 4.79 Å². The van der Waals surface area contributed by atoms with Gasteiger partial charge in [0.05, 0.1) is 0 Å². The number of hydrogen-bond donors (Lipinski definition) is 1. The van der Waals surface area contributed by atoms with E-state index in [-0.39, 0.29) is 11.7 Å². The van der Waals surface area contributed by atoms with E-state index in [9.17, 15) is 9.59 Å². The van der Waals surface area contributed by atoms with E-state index in [2.05, 4.69) is 11.1 Å². The van der Waals surface area contributed by atoms with Crippen molar-refractivity contribution >= 4 is 22.4 Å². The lowest BCUT2D eigenvalue weighted by Gasteiger charge is -2.29. The van der Waals surface area contributed by atoms with Crippen molar-refractivity contribution in [3.05, 3.63) is 52.5 Å². The smallest absolute Gasteiger partial charge is 0.410 e. The number of carbonyl (C=O) groups excluding carboxylic acids is 1. The number of ether oxygens (including phenoxy) is 1. The van der Waals surface area contributed by atoms with Crippen LogP contribution in [0.25, 0.3) is 16.3 Å². The molecule has 5 heteroatoms. The maximum Gasteiger partial charge on any atom is 0.410 e. The average molecular weight is 326 g/mol. The molecule has 126 valence electrons. The van der Waals surface area contributed by atoms with Crippen LogP contribution in [0, 0.1) is 0 Å². The monoisotopic (exact) mass is 326 g/mol. The van der Waals surface area contributed by atoms with E-state index in [1.54, 1.807) is 11.1 Å². The summed E-state index contributed by atoms with van der Waals surface area (Å²) < 4.78 is 5.41. The molecular weight excluding hydrogens is 304 g/mol. The van der Waals surface area contributed by atoms with Crippen LogP contribution < -0.4 is 5.56 Å². The number of nitrogens with one attached hydrogen (secondary N) is 1. The average Bonchev–Trinajstić information content (AvgIpc) is 2.53. The Bertz CT molecular complexity index is 859. The van der Waals surface area contributed by atoms with Gasteiger partial charge in [0.15, 0.2) is 0 Å². The van der Waals surface area contributed by atoms with Crippen LogP contribution in [0.3, 0.4) is 0 Å². The quantitative estimate of drug-likeness (QED) is 0.871. The van der Waals surface area contributed by atoms with E-state index in [0.29, 0.717) is 18.5 Å². The van der Waals surface area contributed by atoms with Crippen molar-refractivity contribution in [1.82, 2.24) is 9.88 Å². The number of benzene rings is 1. The van der Waals surface area contributed by atoms with Gasteiger partial charge in [0.1, 0.15) is 5.60 Å². The lowest BCUT2D eigenvalue weighted by molar-refractivity contribution is 0.0270. The fourth-order valence-electron chi connectivity index (χ4n) is 2.82. The van der Waals surface area contributed by atoms with Gasteiger partial charge in [0.25, 0.3) is 5.56 Å². The topological polar surface area (TPSA) is 62.4 Å². The molecule has 3 rings (SSSR count). The van der Waals surface area contributed by atoms with Gasteiger partial charge in [-0.3, -0.25) is 4.79 Å². The van der Waals surface area contributed by atoms with Crippen molar-refractivity contribution in [2.24, 2.45) is 0 Å². The lowest BCUT2D eigenvalue weighted by Crippen LogP contribution is -2.39. The Kier molecular flexibility index (Phi) is 4.18. The number of aromatic nitrogens is 1. The predicted octanol–water partition coefficient (Wildman–Crippen LogP) is 3.55. The molecule has 1 aliphatic rings. The Morgan fingerprint density at radius 3 is 2.71 bits per heavy atom. The highest BCUT2D eigenvalue weighted by Crippen LogP contribution is 2.25. The highest BCUT2D eigenvalue weighted by atomic mass is 16.6. The highest BCUT2D eigenvalue weighted by Gasteiger charge is 2.23. The molecule has 0 unspecified atom stereocenters. The Balaban J connectivity index is 1.78. The molecule has 0 atom stereocenters. The van der Waals surface area contributed by atoms with E-state index in [0.717, 1.165) is 17.4 Å². The third kappa shape index (κ3) is 3.50. The zero-order valence-electron chi connectivity index (χ0n) is 14.3. The predicted molar refractivity (Wildman–Crippen MR) is 95.0 cm³/mol. The summed E-state index contributed by atoms with van der Waals surface area (Å²) in [5.74, 6) is 0. The van der Waals surface area contributed by atoms with Crippen molar-refractivity contribution < 1.29 is 9.53 Å². The lowest BCUT2D eigenvalue weighted by atomic mass is 9.97. The van der Waals surface area contributed by atoms with Crippen molar-refractivity contribution in [1.29, 1.82) is 0 Å². The molecule has 24 heavy (non-hydrogen) atoms. The Labute approximate surface area is 140 Å². The molecule has 0 radical (unpaired) electrons. The van der Waals surface area contributed by atoms with Crippen LogP contribution in [0.15, 0.2) is 41.3 Å². The molecule has 1 N–H and O–H groups in total. The SMILES string of the molecule is CC(C)(C)OC(=O)N1CC=C(c2ccc3c(=O)[nH]ccc3c2)CC1. The van der Waals surface area contributed by atoms with E-state index in [4.69, 9.17) is 4.74 Å². The summed E-state index contributed by atoms with van der Waals surface area (Å²) in [7, 11) is 0. The molecule has 1 aromatic heterocycles. The zero-order chi connectivity index (χ0) is 17.3. The minimum absolute atomic E-state index is 0.0761. The number of aromatic amines is 1. The number of amides is 1. The fourth-order valence-corrected chi connectivity index (χ4v) is 2.82. The first-order chi connectivity index (χ1) is 11.3. The van der Waals surface area contributed by atoms with Crippen molar-refractivity contribution in [2.45, 2.75) is 32.8 Å². The largest absolute Gasteiger partial charge is 0.444 e. The van der Waals surface area contributed by atoms with Crippen molar-refractivity contribution in [2.75, 3.05) is 13.1 Å². The van der Waals surface area contributed by atoms with Gasteiger partial charge in [-0.05, 0) is 61.9 Å². The fraction of sp³-hybridized carbons (Fsp3) is 0.368. The first kappa shape index (κ1) is 16.3. The summed E-state index contributed by atoms with van der Waals surface area (Å²) in [4.78, 5) is 28.3. The van der Waals surface area contributed by atoms with Crippen molar-refractivity contribution in [3.8, 4) is 0 Å². The van der Waals surface area contributed by atoms with Crippen LogP contribution in [0.2, 0.25) is 0 Å². The van der Waals surface area contributed by atoms with Gasteiger partial charge in [-0.1, -0.05) is 12.1 Å². The molecule has 1 aromatic carbocycles. The molecule has 2 aromatic rings. The maximum atomic E-state index is 12.1. The van der Waals surface area contributed by atoms with Crippen LogP contribution in [-0.2, 0) is 4.74 Å². The first-order valence-electron chi connectivity index (χ1n) is 8.12. The minimum atomic E-state index is -0.480. The van der Waals surface area contributed by atoms with Crippen LogP contribution in [0.1, 0.15) is 32.8 Å². The molecule has 0 aliphatic carbocycles. The summed E-state index contributed by atoms with van der Waals surface area (Å²) in [6.45, 7) is 6.78. The second-order valence-electron chi connectivity index (χ2n) is 7.01. The normalized spacial score (nSPS) is 15.3. The molecular formula is C19H22N2O3. The van der Waals surface area contributed by atoms with Gasteiger partial charge in [-0.2, -0.15) is 0 Å². The van der Waals surface area contributed by atoms with Crippen LogP contribution in [-0.4, -0.2) is 34.7 Å². The van der Waals surface area contributed by atoms with E-state index >= 15 is 0 Å². The summed E-state index contributed by atoms with van der Waals surface area (Å²) in [6.07, 6.45) is 4.21. The Morgan fingerprint density at radius 2 is 2.04 bits per heavy atom. The number of rotatable bonds is 1. The number of H-pyrrole nitrogens is 1. The second-order valence-corrected chi connectivity index (χ2v) is 7.01. The Hall–Kier alpha value is -2.56. The molecule has 0 fully saturated rings. The second kappa shape index (κ2) is 6.15. The number of pyridine rings is 1. The molecule has 0 spiro atoms. The van der Waals surface area contributed by atoms with Crippen molar-refractivity contribution in [3.63, 3.8) is 0 Å². The summed E-state index contributed by atoms with van der Waals surface area (Å²) in [5, 5.41) is 1.61. The minimum Gasteiger partial charge on any atom is -0.444 e. The van der Waals surface area contributed by atoms with Crippen LogP contribution in [0.4, 0.5) is 4.79 Å². The Morgan fingerprint density at radius 1 is 1.25 bits per heavy atom. The maximum absolute atomic E-state index is 12.1. The van der Waals surface area contributed by atoms with Crippen LogP contribution in [0.5, 0.6) is 0 Å². The number of fused-ring (bicyclic) bond motifs is 1. The van der Waals surface area contributed by atoms with E-state index in [1.165, 1.54) is 5.57 Å². The molecule has 0 saturated heterocycles. The molecule has 2 heterocycles. The first-order valence-corrected chi connectivity index (χ1v) is 8.12. The summed E-state index contributed by atoms with van der Waals surface area (Å²) in [5.41, 5.74) is 1.73. The number of hydrogen-bond acceptors (Lipinski definition) is 3. The molecule has 1 aliphatic heterocycles. The summed E-state index contributed by atoms with van der Waals surface area (Å²) >= 11 is 0. The molecule has 1 amide bonds. The molecule has 0 bridgehead atoms. The molecule has 0 saturated carbocycles. The van der Waals surface area contributed by atoms with Crippen LogP contribution >= 0.6 is 0 Å². The standard InChI is InChI=1S/C19H22N2O3/c1-19(2,3)24-18(23)21-10-7-13(8-11-21)14-4-5-16-15(12-14)6-9-20-17(16)22/h4-7,9,12H,8,10-11H2,1-3H3,(H,20,22). The highest BCUT2D eigenvalue weighted by molar-refractivity contribution is 5.85. The van der Waals surface area contributed by atoms with E-state index < -0.39 is 5.60 Å². The van der Waals surface area contributed by atoms with Gasteiger partial charge >= 0.3 is 6.09 Å². The van der Waals surface area contributed by atoms with E-state index in [1.807, 2.05) is 45.0 Å². The van der Waals surface area contributed by atoms with Gasteiger partial charge in [0, 0.05) is 24.7 Å².